The first-order valence-corrected chi connectivity index (χ1v) is 9.76. The van der Waals surface area contributed by atoms with Gasteiger partial charge in [0.15, 0.2) is 5.13 Å². The number of para-hydroxylation sites is 1. The van der Waals surface area contributed by atoms with Gasteiger partial charge in [-0.25, -0.2) is 4.98 Å². The number of aryl methyl sites for hydroxylation is 1. The molecule has 0 unspecified atom stereocenters. The Bertz CT molecular complexity index is 1330. The molecule has 0 radical (unpaired) electrons. The van der Waals surface area contributed by atoms with E-state index in [-0.39, 0.29) is 5.91 Å². The Balaban J connectivity index is 1.48. The SMILES string of the molecule is Cc1[nH]c2ccccc2c1-c1csc(NC(=O)c2cncc3ccccc23)n1. The Kier molecular flexibility index (Phi) is 3.91. The van der Waals surface area contributed by atoms with Gasteiger partial charge in [0.1, 0.15) is 0 Å². The van der Waals surface area contributed by atoms with Gasteiger partial charge in [-0.15, -0.1) is 11.3 Å². The maximum Gasteiger partial charge on any atom is 0.259 e. The van der Waals surface area contributed by atoms with Crippen LogP contribution in [0.4, 0.5) is 5.13 Å². The number of pyridine rings is 1. The lowest BCUT2D eigenvalue weighted by Gasteiger charge is -2.05. The van der Waals surface area contributed by atoms with Gasteiger partial charge < -0.3 is 4.98 Å². The molecule has 28 heavy (non-hydrogen) atoms. The lowest BCUT2D eigenvalue weighted by atomic mass is 10.1. The van der Waals surface area contributed by atoms with Crippen LogP contribution in [-0.2, 0) is 0 Å². The van der Waals surface area contributed by atoms with Crippen molar-refractivity contribution in [1.82, 2.24) is 15.0 Å². The van der Waals surface area contributed by atoms with Gasteiger partial charge in [-0.1, -0.05) is 42.5 Å². The molecule has 0 saturated heterocycles. The summed E-state index contributed by atoms with van der Waals surface area (Å²) in [7, 11) is 0. The number of anilines is 1. The van der Waals surface area contributed by atoms with Gasteiger partial charge in [0.25, 0.3) is 5.91 Å². The summed E-state index contributed by atoms with van der Waals surface area (Å²) < 4.78 is 0. The number of aromatic amines is 1. The second-order valence-electron chi connectivity index (χ2n) is 6.57. The second kappa shape index (κ2) is 6.58. The van der Waals surface area contributed by atoms with Crippen molar-refractivity contribution in [3.05, 3.63) is 77.6 Å². The standard InChI is InChI=1S/C22H16N4OS/c1-13-20(16-8-4-5-9-18(16)24-13)19-12-28-22(25-19)26-21(27)17-11-23-10-14-6-2-3-7-15(14)17/h2-12,24H,1H3,(H,25,26,27). The van der Waals surface area contributed by atoms with Crippen molar-refractivity contribution in [1.29, 1.82) is 0 Å². The van der Waals surface area contributed by atoms with E-state index in [1.165, 1.54) is 11.3 Å². The number of rotatable bonds is 3. The number of carbonyl (C=O) groups is 1. The molecule has 2 aromatic carbocycles. The third kappa shape index (κ3) is 2.75. The topological polar surface area (TPSA) is 70.7 Å². The summed E-state index contributed by atoms with van der Waals surface area (Å²) in [5.41, 5.74) is 4.60. The van der Waals surface area contributed by atoms with Gasteiger partial charge in [-0.3, -0.25) is 15.1 Å². The summed E-state index contributed by atoms with van der Waals surface area (Å²) in [5.74, 6) is -0.208. The number of thiazole rings is 1. The molecule has 0 aliphatic rings. The van der Waals surface area contributed by atoms with Crippen molar-refractivity contribution >= 4 is 44.1 Å². The summed E-state index contributed by atoms with van der Waals surface area (Å²) in [4.78, 5) is 25.0. The molecule has 0 bridgehead atoms. The summed E-state index contributed by atoms with van der Waals surface area (Å²) in [6, 6.07) is 15.9. The predicted molar refractivity (Wildman–Crippen MR) is 114 cm³/mol. The molecular formula is C22H16N4OS. The van der Waals surface area contributed by atoms with Crippen LogP contribution in [0.15, 0.2) is 66.3 Å². The summed E-state index contributed by atoms with van der Waals surface area (Å²) in [6.07, 6.45) is 3.35. The quantitative estimate of drug-likeness (QED) is 0.437. The van der Waals surface area contributed by atoms with Gasteiger partial charge in [0.05, 0.1) is 11.3 Å². The van der Waals surface area contributed by atoms with Crippen molar-refractivity contribution in [3.63, 3.8) is 0 Å². The average Bonchev–Trinajstić information content (AvgIpc) is 3.30. The summed E-state index contributed by atoms with van der Waals surface area (Å²) >= 11 is 1.42. The minimum absolute atomic E-state index is 0.208. The van der Waals surface area contributed by atoms with Crippen LogP contribution >= 0.6 is 11.3 Å². The smallest absolute Gasteiger partial charge is 0.259 e. The van der Waals surface area contributed by atoms with E-state index in [1.54, 1.807) is 12.4 Å². The van der Waals surface area contributed by atoms with Crippen LogP contribution in [0.1, 0.15) is 16.1 Å². The number of benzene rings is 2. The Morgan fingerprint density at radius 3 is 2.71 bits per heavy atom. The molecule has 0 spiro atoms. The number of nitrogens with one attached hydrogen (secondary N) is 2. The zero-order chi connectivity index (χ0) is 19.1. The van der Waals surface area contributed by atoms with E-state index in [4.69, 9.17) is 0 Å². The molecule has 0 aliphatic heterocycles. The summed E-state index contributed by atoms with van der Waals surface area (Å²) in [5, 5.41) is 8.39. The summed E-state index contributed by atoms with van der Waals surface area (Å²) in [6.45, 7) is 2.04. The normalized spacial score (nSPS) is 11.2. The van der Waals surface area contributed by atoms with Gasteiger partial charge in [0, 0.05) is 45.3 Å². The largest absolute Gasteiger partial charge is 0.358 e. The highest BCUT2D eigenvalue weighted by Gasteiger charge is 2.16. The molecule has 0 atom stereocenters. The molecule has 3 aromatic heterocycles. The number of hydrogen-bond donors (Lipinski definition) is 2. The van der Waals surface area contributed by atoms with E-state index in [0.717, 1.165) is 38.6 Å². The first kappa shape index (κ1) is 16.6. The number of fused-ring (bicyclic) bond motifs is 2. The molecule has 0 fully saturated rings. The molecule has 5 rings (SSSR count). The number of aromatic nitrogens is 3. The molecule has 6 heteroatoms. The number of H-pyrrole nitrogens is 1. The fourth-order valence-electron chi connectivity index (χ4n) is 3.51. The molecule has 5 aromatic rings. The van der Waals surface area contributed by atoms with Gasteiger partial charge in [-0.05, 0) is 18.4 Å². The van der Waals surface area contributed by atoms with Crippen LogP contribution in [-0.4, -0.2) is 20.9 Å². The Morgan fingerprint density at radius 2 is 1.82 bits per heavy atom. The van der Waals surface area contributed by atoms with Crippen LogP contribution < -0.4 is 5.32 Å². The van der Waals surface area contributed by atoms with Crippen molar-refractivity contribution in [3.8, 4) is 11.3 Å². The highest BCUT2D eigenvalue weighted by Crippen LogP contribution is 2.34. The maximum atomic E-state index is 12.8. The minimum atomic E-state index is -0.208. The van der Waals surface area contributed by atoms with Crippen LogP contribution in [0.3, 0.4) is 0 Å². The molecule has 136 valence electrons. The Labute approximate surface area is 165 Å². The fourth-order valence-corrected chi connectivity index (χ4v) is 4.21. The lowest BCUT2D eigenvalue weighted by molar-refractivity contribution is 0.102. The second-order valence-corrected chi connectivity index (χ2v) is 7.43. The molecule has 1 amide bonds. The predicted octanol–water partition coefficient (Wildman–Crippen LogP) is 5.40. The highest BCUT2D eigenvalue weighted by molar-refractivity contribution is 7.14. The Hall–Kier alpha value is -3.51. The van der Waals surface area contributed by atoms with E-state index < -0.39 is 0 Å². The molecule has 2 N–H and O–H groups in total. The van der Waals surface area contributed by atoms with Crippen molar-refractivity contribution in [2.45, 2.75) is 6.92 Å². The van der Waals surface area contributed by atoms with Gasteiger partial charge in [0.2, 0.25) is 0 Å². The minimum Gasteiger partial charge on any atom is -0.358 e. The van der Waals surface area contributed by atoms with Crippen molar-refractivity contribution in [2.24, 2.45) is 0 Å². The molecular weight excluding hydrogens is 368 g/mol. The van der Waals surface area contributed by atoms with Crippen LogP contribution in [0.25, 0.3) is 32.9 Å². The maximum absolute atomic E-state index is 12.8. The third-order valence-corrected chi connectivity index (χ3v) is 5.54. The van der Waals surface area contributed by atoms with E-state index in [9.17, 15) is 4.79 Å². The van der Waals surface area contributed by atoms with E-state index in [0.29, 0.717) is 10.7 Å². The van der Waals surface area contributed by atoms with E-state index in [2.05, 4.69) is 32.4 Å². The van der Waals surface area contributed by atoms with Crippen molar-refractivity contribution in [2.75, 3.05) is 5.32 Å². The lowest BCUT2D eigenvalue weighted by Crippen LogP contribution is -2.12. The number of amides is 1. The van der Waals surface area contributed by atoms with Crippen LogP contribution in [0.2, 0.25) is 0 Å². The van der Waals surface area contributed by atoms with Crippen LogP contribution in [0.5, 0.6) is 0 Å². The molecule has 0 saturated carbocycles. The number of nitrogens with zero attached hydrogens (tertiary/aromatic N) is 2. The fraction of sp³-hybridized carbons (Fsp3) is 0.0455. The van der Waals surface area contributed by atoms with Crippen LogP contribution in [0, 0.1) is 6.92 Å². The zero-order valence-corrected chi connectivity index (χ0v) is 15.9. The average molecular weight is 384 g/mol. The van der Waals surface area contributed by atoms with Gasteiger partial charge in [-0.2, -0.15) is 0 Å². The monoisotopic (exact) mass is 384 g/mol. The zero-order valence-electron chi connectivity index (χ0n) is 15.1. The third-order valence-electron chi connectivity index (χ3n) is 4.79. The van der Waals surface area contributed by atoms with Crippen molar-refractivity contribution < 1.29 is 4.79 Å². The highest BCUT2D eigenvalue weighted by atomic mass is 32.1. The molecule has 3 heterocycles. The van der Waals surface area contributed by atoms with E-state index >= 15 is 0 Å². The number of hydrogen-bond acceptors (Lipinski definition) is 4. The number of carbonyl (C=O) groups excluding carboxylic acids is 1. The Morgan fingerprint density at radius 1 is 1.04 bits per heavy atom. The molecule has 0 aliphatic carbocycles. The first-order chi connectivity index (χ1) is 13.7. The van der Waals surface area contributed by atoms with Gasteiger partial charge >= 0.3 is 0 Å². The molecule has 5 nitrogen and oxygen atoms in total. The van der Waals surface area contributed by atoms with E-state index in [1.807, 2.05) is 48.7 Å². The first-order valence-electron chi connectivity index (χ1n) is 8.88.